The largest absolute Gasteiger partial charge is 0.457 e. The van der Waals surface area contributed by atoms with Crippen LogP contribution in [0.15, 0.2) is 54.6 Å². The molecule has 0 fully saturated rings. The molecule has 0 unspecified atom stereocenters. The van der Waals surface area contributed by atoms with Crippen LogP contribution < -0.4 is 0 Å². The first-order valence-corrected chi connectivity index (χ1v) is 6.09. The summed E-state index contributed by atoms with van der Waals surface area (Å²) in [5, 5.41) is 0. The van der Waals surface area contributed by atoms with Crippen LogP contribution in [-0.2, 0) is 17.8 Å². The van der Waals surface area contributed by atoms with E-state index >= 15 is 0 Å². The van der Waals surface area contributed by atoms with Gasteiger partial charge in [-0.25, -0.2) is 4.79 Å². The number of hydrogen-bond donors (Lipinski definition) is 0. The molecule has 0 heterocycles. The maximum absolute atomic E-state index is 11.9. The van der Waals surface area contributed by atoms with E-state index in [1.807, 2.05) is 48.5 Å². The van der Waals surface area contributed by atoms with Crippen molar-refractivity contribution >= 4 is 5.97 Å². The molecule has 0 amide bonds. The Hall–Kier alpha value is -2.09. The summed E-state index contributed by atoms with van der Waals surface area (Å²) in [6.45, 7) is 2.38. The lowest BCUT2D eigenvalue weighted by molar-refractivity contribution is 0.0472. The molecule has 0 saturated carbocycles. The van der Waals surface area contributed by atoms with E-state index in [1.54, 1.807) is 6.07 Å². The molecule has 92 valence electrons. The molecule has 0 bridgehead atoms. The number of carbonyl (C=O) groups is 1. The lowest BCUT2D eigenvalue weighted by Crippen LogP contribution is -2.05. The van der Waals surface area contributed by atoms with Crippen LogP contribution in [0.2, 0.25) is 0 Å². The van der Waals surface area contributed by atoms with E-state index < -0.39 is 0 Å². The molecule has 0 saturated heterocycles. The van der Waals surface area contributed by atoms with Gasteiger partial charge in [-0.15, -0.1) is 0 Å². The van der Waals surface area contributed by atoms with E-state index in [0.29, 0.717) is 12.2 Å². The summed E-state index contributed by atoms with van der Waals surface area (Å²) in [6, 6.07) is 17.2. The number of benzene rings is 2. The van der Waals surface area contributed by atoms with Gasteiger partial charge in [0.15, 0.2) is 0 Å². The van der Waals surface area contributed by atoms with Crippen LogP contribution >= 0.6 is 0 Å². The molecule has 2 aromatic carbocycles. The molecule has 0 aliphatic carbocycles. The van der Waals surface area contributed by atoms with Gasteiger partial charge in [0.05, 0.1) is 5.56 Å². The van der Waals surface area contributed by atoms with Crippen molar-refractivity contribution in [2.45, 2.75) is 20.0 Å². The number of rotatable bonds is 4. The summed E-state index contributed by atoms with van der Waals surface area (Å²) in [7, 11) is 0. The van der Waals surface area contributed by atoms with E-state index in [-0.39, 0.29) is 5.97 Å². The molecule has 18 heavy (non-hydrogen) atoms. The Balaban J connectivity index is 1.99. The van der Waals surface area contributed by atoms with Crippen LogP contribution in [0.5, 0.6) is 0 Å². The van der Waals surface area contributed by atoms with Crippen molar-refractivity contribution in [2.75, 3.05) is 0 Å². The van der Waals surface area contributed by atoms with Crippen LogP contribution in [0.4, 0.5) is 0 Å². The Labute approximate surface area is 107 Å². The molecule has 2 rings (SSSR count). The number of hydrogen-bond acceptors (Lipinski definition) is 2. The fourth-order valence-electron chi connectivity index (χ4n) is 1.72. The molecule has 0 aliphatic heterocycles. The zero-order chi connectivity index (χ0) is 12.8. The summed E-state index contributed by atoms with van der Waals surface area (Å²) in [6.07, 6.45) is 0.916. The molecular weight excluding hydrogens is 224 g/mol. The highest BCUT2D eigenvalue weighted by atomic mass is 16.5. The molecule has 2 heteroatoms. The molecule has 0 radical (unpaired) electrons. The first kappa shape index (κ1) is 12.4. The van der Waals surface area contributed by atoms with Gasteiger partial charge in [0.2, 0.25) is 0 Å². The zero-order valence-corrected chi connectivity index (χ0v) is 10.4. The maximum Gasteiger partial charge on any atom is 0.338 e. The summed E-state index contributed by atoms with van der Waals surface area (Å²) in [5.41, 5.74) is 2.76. The lowest BCUT2D eigenvalue weighted by atomic mass is 10.1. The van der Waals surface area contributed by atoms with E-state index in [0.717, 1.165) is 17.5 Å². The Kier molecular flexibility index (Phi) is 4.13. The van der Waals surface area contributed by atoms with Gasteiger partial charge in [-0.1, -0.05) is 49.4 Å². The lowest BCUT2D eigenvalue weighted by Gasteiger charge is -2.06. The van der Waals surface area contributed by atoms with Gasteiger partial charge in [0.25, 0.3) is 0 Å². The van der Waals surface area contributed by atoms with Crippen molar-refractivity contribution in [1.29, 1.82) is 0 Å². The van der Waals surface area contributed by atoms with Crippen molar-refractivity contribution in [1.82, 2.24) is 0 Å². The number of ether oxygens (including phenoxy) is 1. The number of aryl methyl sites for hydroxylation is 1. The van der Waals surface area contributed by atoms with Gasteiger partial charge in [-0.05, 0) is 29.7 Å². The first-order chi connectivity index (χ1) is 8.79. The van der Waals surface area contributed by atoms with Crippen LogP contribution in [0, 0.1) is 0 Å². The smallest absolute Gasteiger partial charge is 0.338 e. The second-order valence-electron chi connectivity index (χ2n) is 4.12. The summed E-state index contributed by atoms with van der Waals surface area (Å²) in [5.74, 6) is -0.269. The monoisotopic (exact) mass is 240 g/mol. The molecule has 2 aromatic rings. The molecule has 0 spiro atoms. The standard InChI is InChI=1S/C16H16O2/c1-2-13-9-6-10-15(11-13)16(17)18-12-14-7-4-3-5-8-14/h3-11H,2,12H2,1H3. The van der Waals surface area contributed by atoms with Crippen molar-refractivity contribution in [3.05, 3.63) is 71.3 Å². The minimum absolute atomic E-state index is 0.269. The maximum atomic E-state index is 11.9. The third-order valence-corrected chi connectivity index (χ3v) is 2.78. The molecule has 0 N–H and O–H groups in total. The Bertz CT molecular complexity index is 518. The quantitative estimate of drug-likeness (QED) is 0.763. The number of carbonyl (C=O) groups excluding carboxylic acids is 1. The highest BCUT2D eigenvalue weighted by Gasteiger charge is 2.07. The zero-order valence-electron chi connectivity index (χ0n) is 10.4. The molecule has 0 aromatic heterocycles. The van der Waals surface area contributed by atoms with E-state index in [2.05, 4.69) is 6.92 Å². The van der Waals surface area contributed by atoms with Crippen molar-refractivity contribution in [3.8, 4) is 0 Å². The SMILES string of the molecule is CCc1cccc(C(=O)OCc2ccccc2)c1. The topological polar surface area (TPSA) is 26.3 Å². The summed E-state index contributed by atoms with van der Waals surface area (Å²) in [4.78, 5) is 11.9. The predicted molar refractivity (Wildman–Crippen MR) is 71.4 cm³/mol. The minimum atomic E-state index is -0.269. The van der Waals surface area contributed by atoms with Crippen molar-refractivity contribution < 1.29 is 9.53 Å². The number of esters is 1. The van der Waals surface area contributed by atoms with Crippen LogP contribution in [0.1, 0.15) is 28.4 Å². The fraction of sp³-hybridized carbons (Fsp3) is 0.188. The average Bonchev–Trinajstić information content (AvgIpc) is 2.46. The second-order valence-corrected chi connectivity index (χ2v) is 4.12. The van der Waals surface area contributed by atoms with Crippen LogP contribution in [0.3, 0.4) is 0 Å². The third kappa shape index (κ3) is 3.20. The highest BCUT2D eigenvalue weighted by Crippen LogP contribution is 2.09. The third-order valence-electron chi connectivity index (χ3n) is 2.78. The Morgan fingerprint density at radius 1 is 1.00 bits per heavy atom. The van der Waals surface area contributed by atoms with E-state index in [1.165, 1.54) is 0 Å². The second kappa shape index (κ2) is 6.01. The first-order valence-electron chi connectivity index (χ1n) is 6.09. The predicted octanol–water partition coefficient (Wildman–Crippen LogP) is 3.61. The van der Waals surface area contributed by atoms with Crippen LogP contribution in [-0.4, -0.2) is 5.97 Å². The van der Waals surface area contributed by atoms with Gasteiger partial charge in [-0.3, -0.25) is 0 Å². The van der Waals surface area contributed by atoms with Gasteiger partial charge in [-0.2, -0.15) is 0 Å². The Morgan fingerprint density at radius 2 is 1.72 bits per heavy atom. The molecule has 0 atom stereocenters. The van der Waals surface area contributed by atoms with Gasteiger partial charge < -0.3 is 4.74 Å². The van der Waals surface area contributed by atoms with E-state index in [4.69, 9.17) is 4.74 Å². The van der Waals surface area contributed by atoms with Crippen molar-refractivity contribution in [3.63, 3.8) is 0 Å². The highest BCUT2D eigenvalue weighted by molar-refractivity contribution is 5.89. The Morgan fingerprint density at radius 3 is 2.44 bits per heavy atom. The summed E-state index contributed by atoms with van der Waals surface area (Å²) >= 11 is 0. The van der Waals surface area contributed by atoms with Crippen LogP contribution in [0.25, 0.3) is 0 Å². The molecule has 0 aliphatic rings. The van der Waals surface area contributed by atoms with Gasteiger partial charge in [0.1, 0.15) is 6.61 Å². The van der Waals surface area contributed by atoms with Gasteiger partial charge in [0, 0.05) is 0 Å². The van der Waals surface area contributed by atoms with Gasteiger partial charge >= 0.3 is 5.97 Å². The van der Waals surface area contributed by atoms with E-state index in [9.17, 15) is 4.79 Å². The summed E-state index contributed by atoms with van der Waals surface area (Å²) < 4.78 is 5.27. The average molecular weight is 240 g/mol. The minimum Gasteiger partial charge on any atom is -0.457 e. The molecule has 2 nitrogen and oxygen atoms in total. The fourth-order valence-corrected chi connectivity index (χ4v) is 1.72. The normalized spacial score (nSPS) is 10.1. The molecular formula is C16H16O2. The van der Waals surface area contributed by atoms with Crippen molar-refractivity contribution in [2.24, 2.45) is 0 Å².